The minimum Gasteiger partial charge on any atom is -0.548 e. The summed E-state index contributed by atoms with van der Waals surface area (Å²) in [5.74, 6) is 1.11. The summed E-state index contributed by atoms with van der Waals surface area (Å²) in [5, 5.41) is 0. The smallest absolute Gasteiger partial charge is 0.241 e. The van der Waals surface area contributed by atoms with Gasteiger partial charge in [-0.05, 0) is 45.0 Å². The van der Waals surface area contributed by atoms with Crippen molar-refractivity contribution in [2.24, 2.45) is 5.41 Å². The second-order valence-corrected chi connectivity index (χ2v) is 9.85. The van der Waals surface area contributed by atoms with Gasteiger partial charge in [-0.3, -0.25) is 0 Å². The summed E-state index contributed by atoms with van der Waals surface area (Å²) in [5.41, 5.74) is -0.105. The second kappa shape index (κ2) is 4.52. The highest BCUT2D eigenvalue weighted by molar-refractivity contribution is 6.70. The third-order valence-electron chi connectivity index (χ3n) is 3.00. The topological polar surface area (TPSA) is 26.3 Å². The quantitative estimate of drug-likeness (QED) is 0.542. The van der Waals surface area contributed by atoms with Crippen LogP contribution in [0, 0.1) is 5.41 Å². The number of aldehydes is 1. The van der Waals surface area contributed by atoms with Crippen LogP contribution in [-0.4, -0.2) is 14.6 Å². The van der Waals surface area contributed by atoms with Gasteiger partial charge in [-0.2, -0.15) is 0 Å². The zero-order chi connectivity index (χ0) is 11.5. The number of hydrogen-bond donors (Lipinski definition) is 0. The molecule has 0 saturated carbocycles. The normalized spacial score (nSPS) is 27.1. The average Bonchev–Trinajstić information content (AvgIpc) is 2.17. The lowest BCUT2D eigenvalue weighted by molar-refractivity contribution is -0.116. The van der Waals surface area contributed by atoms with E-state index in [9.17, 15) is 4.79 Å². The van der Waals surface area contributed by atoms with E-state index in [1.165, 1.54) is 0 Å². The van der Waals surface area contributed by atoms with E-state index in [4.69, 9.17) is 4.43 Å². The van der Waals surface area contributed by atoms with E-state index in [-0.39, 0.29) is 5.41 Å². The molecule has 15 heavy (non-hydrogen) atoms. The first-order chi connectivity index (χ1) is 6.91. The minimum absolute atomic E-state index is 0.105. The van der Waals surface area contributed by atoms with Crippen LogP contribution in [0.2, 0.25) is 19.6 Å². The van der Waals surface area contributed by atoms with Gasteiger partial charge < -0.3 is 9.22 Å². The third kappa shape index (κ3) is 3.49. The van der Waals surface area contributed by atoms with Crippen molar-refractivity contribution >= 4 is 14.6 Å². The summed E-state index contributed by atoms with van der Waals surface area (Å²) in [6.07, 6.45) is 6.93. The summed E-state index contributed by atoms with van der Waals surface area (Å²) in [4.78, 5) is 11.0. The maximum Gasteiger partial charge on any atom is 0.241 e. The van der Waals surface area contributed by atoms with E-state index < -0.39 is 8.32 Å². The number of rotatable bonds is 4. The van der Waals surface area contributed by atoms with Crippen LogP contribution in [-0.2, 0) is 9.22 Å². The Hall–Kier alpha value is -0.573. The molecule has 3 heteroatoms. The summed E-state index contributed by atoms with van der Waals surface area (Å²) in [7, 11) is -1.47. The Bertz CT molecular complexity index is 265. The second-order valence-electron chi connectivity index (χ2n) is 5.42. The van der Waals surface area contributed by atoms with Crippen LogP contribution < -0.4 is 0 Å². The maximum atomic E-state index is 11.0. The fourth-order valence-electron chi connectivity index (χ4n) is 1.89. The SMILES string of the molecule is CCC1(C=O)CC=C(O[Si](C)(C)C)CC1. The predicted molar refractivity (Wildman–Crippen MR) is 65.2 cm³/mol. The van der Waals surface area contributed by atoms with Crippen LogP contribution in [0.4, 0.5) is 0 Å². The molecule has 1 rings (SSSR count). The summed E-state index contributed by atoms with van der Waals surface area (Å²) >= 11 is 0. The fraction of sp³-hybridized carbons (Fsp3) is 0.750. The molecular formula is C12H22O2Si. The summed E-state index contributed by atoms with van der Waals surface area (Å²) < 4.78 is 5.95. The van der Waals surface area contributed by atoms with Crippen molar-refractivity contribution in [3.63, 3.8) is 0 Å². The summed E-state index contributed by atoms with van der Waals surface area (Å²) in [6.45, 7) is 8.66. The molecule has 1 aliphatic carbocycles. The Morgan fingerprint density at radius 3 is 2.53 bits per heavy atom. The Morgan fingerprint density at radius 2 is 2.20 bits per heavy atom. The lowest BCUT2D eigenvalue weighted by atomic mass is 9.76. The molecule has 1 aliphatic rings. The number of allylic oxidation sites excluding steroid dienone is 2. The van der Waals surface area contributed by atoms with Gasteiger partial charge in [-0.25, -0.2) is 0 Å². The summed E-state index contributed by atoms with van der Waals surface area (Å²) in [6, 6.07) is 0. The average molecular weight is 226 g/mol. The highest BCUT2D eigenvalue weighted by Crippen LogP contribution is 2.37. The van der Waals surface area contributed by atoms with Crippen LogP contribution in [0.25, 0.3) is 0 Å². The molecule has 0 amide bonds. The van der Waals surface area contributed by atoms with E-state index in [0.717, 1.165) is 37.7 Å². The van der Waals surface area contributed by atoms with Crippen molar-refractivity contribution in [1.82, 2.24) is 0 Å². The highest BCUT2D eigenvalue weighted by atomic mass is 28.4. The molecule has 1 unspecified atom stereocenters. The standard InChI is InChI=1S/C12H22O2Si/c1-5-12(10-13)8-6-11(7-9-12)14-15(2,3)4/h6,10H,5,7-9H2,1-4H3. The van der Waals surface area contributed by atoms with Gasteiger partial charge >= 0.3 is 0 Å². The first-order valence-corrected chi connectivity index (χ1v) is 9.16. The zero-order valence-electron chi connectivity index (χ0n) is 10.3. The van der Waals surface area contributed by atoms with Crippen molar-refractivity contribution in [2.75, 3.05) is 0 Å². The molecule has 0 fully saturated rings. The molecule has 0 bridgehead atoms. The van der Waals surface area contributed by atoms with Crippen molar-refractivity contribution in [2.45, 2.75) is 52.2 Å². The predicted octanol–water partition coefficient (Wildman–Crippen LogP) is 3.50. The third-order valence-corrected chi connectivity index (χ3v) is 3.87. The molecule has 1 atom stereocenters. The van der Waals surface area contributed by atoms with Gasteiger partial charge in [0.2, 0.25) is 8.32 Å². The van der Waals surface area contributed by atoms with E-state index >= 15 is 0 Å². The van der Waals surface area contributed by atoms with Crippen LogP contribution >= 0.6 is 0 Å². The molecule has 0 aromatic carbocycles. The van der Waals surface area contributed by atoms with Crippen molar-refractivity contribution in [3.8, 4) is 0 Å². The highest BCUT2D eigenvalue weighted by Gasteiger charge is 2.31. The van der Waals surface area contributed by atoms with E-state index in [1.807, 2.05) is 0 Å². The molecule has 0 spiro atoms. The molecule has 2 nitrogen and oxygen atoms in total. The Kier molecular flexibility index (Phi) is 3.76. The molecule has 86 valence electrons. The monoisotopic (exact) mass is 226 g/mol. The van der Waals surface area contributed by atoms with Gasteiger partial charge in [0.25, 0.3) is 0 Å². The van der Waals surface area contributed by atoms with E-state index in [1.54, 1.807) is 0 Å². The van der Waals surface area contributed by atoms with Crippen molar-refractivity contribution in [3.05, 3.63) is 11.8 Å². The molecule has 0 aliphatic heterocycles. The fourth-order valence-corrected chi connectivity index (χ4v) is 2.86. The molecule has 0 N–H and O–H groups in total. The van der Waals surface area contributed by atoms with Crippen LogP contribution in [0.15, 0.2) is 11.8 Å². The van der Waals surface area contributed by atoms with Crippen LogP contribution in [0.1, 0.15) is 32.6 Å². The zero-order valence-corrected chi connectivity index (χ0v) is 11.3. The molecule has 0 heterocycles. The van der Waals surface area contributed by atoms with Crippen molar-refractivity contribution < 1.29 is 9.22 Å². The minimum atomic E-state index is -1.47. The van der Waals surface area contributed by atoms with Gasteiger partial charge in [0.05, 0.1) is 5.76 Å². The van der Waals surface area contributed by atoms with Crippen molar-refractivity contribution in [1.29, 1.82) is 0 Å². The Morgan fingerprint density at radius 1 is 1.53 bits per heavy atom. The number of hydrogen-bond acceptors (Lipinski definition) is 2. The van der Waals surface area contributed by atoms with Gasteiger partial charge in [-0.1, -0.05) is 6.92 Å². The molecular weight excluding hydrogens is 204 g/mol. The van der Waals surface area contributed by atoms with Gasteiger partial charge in [0.1, 0.15) is 6.29 Å². The van der Waals surface area contributed by atoms with E-state index in [0.29, 0.717) is 0 Å². The lowest BCUT2D eigenvalue weighted by Crippen LogP contribution is -2.29. The molecule has 0 saturated heterocycles. The number of carbonyl (C=O) groups is 1. The van der Waals surface area contributed by atoms with Gasteiger partial charge in [0, 0.05) is 11.8 Å². The molecule has 0 radical (unpaired) electrons. The maximum absolute atomic E-state index is 11.0. The number of carbonyl (C=O) groups excluding carboxylic acids is 1. The Labute approximate surface area is 93.8 Å². The first kappa shape index (κ1) is 12.5. The largest absolute Gasteiger partial charge is 0.548 e. The lowest BCUT2D eigenvalue weighted by Gasteiger charge is -2.32. The van der Waals surface area contributed by atoms with E-state index in [2.05, 4.69) is 32.6 Å². The van der Waals surface area contributed by atoms with Crippen LogP contribution in [0.5, 0.6) is 0 Å². The van der Waals surface area contributed by atoms with Gasteiger partial charge in [0.15, 0.2) is 0 Å². The van der Waals surface area contributed by atoms with Crippen LogP contribution in [0.3, 0.4) is 0 Å². The Balaban J connectivity index is 2.62. The first-order valence-electron chi connectivity index (χ1n) is 5.75. The molecule has 0 aromatic heterocycles. The van der Waals surface area contributed by atoms with Gasteiger partial charge in [-0.15, -0.1) is 0 Å². The molecule has 0 aromatic rings.